The molecule has 0 N–H and O–H groups in total. The molecule has 1 heterocycles. The van der Waals surface area contributed by atoms with Crippen LogP contribution in [0.3, 0.4) is 0 Å². The molecule has 0 unspecified atom stereocenters. The predicted octanol–water partition coefficient (Wildman–Crippen LogP) is 5.13. The van der Waals surface area contributed by atoms with Gasteiger partial charge in [-0.2, -0.15) is 5.26 Å². The highest BCUT2D eigenvalue weighted by Crippen LogP contribution is 2.29. The molecule has 0 saturated carbocycles. The van der Waals surface area contributed by atoms with Gasteiger partial charge in [0.15, 0.2) is 9.84 Å². The van der Waals surface area contributed by atoms with Gasteiger partial charge in [0.25, 0.3) is 0 Å². The summed E-state index contributed by atoms with van der Waals surface area (Å²) >= 11 is 6.04. The zero-order valence-corrected chi connectivity index (χ0v) is 17.5. The predicted molar refractivity (Wildman–Crippen MR) is 117 cm³/mol. The minimum Gasteiger partial charge on any atom is -0.299 e. The summed E-state index contributed by atoms with van der Waals surface area (Å²) in [6.45, 7) is 0. The van der Waals surface area contributed by atoms with Crippen molar-refractivity contribution < 1.29 is 8.42 Å². The Hall–Kier alpha value is -3.40. The van der Waals surface area contributed by atoms with E-state index in [9.17, 15) is 8.42 Å². The molecule has 0 aliphatic heterocycles. The Labute approximate surface area is 179 Å². The Bertz CT molecular complexity index is 1350. The Kier molecular flexibility index (Phi) is 5.17. The average Bonchev–Trinajstić information content (AvgIpc) is 3.19. The lowest BCUT2D eigenvalue weighted by molar-refractivity contribution is 0.602. The number of hydrogen-bond acceptors (Lipinski definition) is 4. The van der Waals surface area contributed by atoms with Gasteiger partial charge in [0, 0.05) is 34.3 Å². The highest BCUT2D eigenvalue weighted by atomic mass is 35.5. The van der Waals surface area contributed by atoms with E-state index in [2.05, 4.69) is 6.07 Å². The van der Waals surface area contributed by atoms with Crippen molar-refractivity contribution in [3.05, 3.63) is 89.6 Å². The van der Waals surface area contributed by atoms with Crippen LogP contribution in [0.5, 0.6) is 0 Å². The maximum absolute atomic E-state index is 11.8. The van der Waals surface area contributed by atoms with E-state index >= 15 is 0 Å². The third-order valence-electron chi connectivity index (χ3n) is 4.66. The summed E-state index contributed by atoms with van der Waals surface area (Å²) < 4.78 is 25.5. The van der Waals surface area contributed by atoms with Gasteiger partial charge in [-0.25, -0.2) is 13.4 Å². The maximum atomic E-state index is 11.8. The molecule has 4 aromatic rings. The fourth-order valence-electron chi connectivity index (χ4n) is 3.09. The molecule has 0 radical (unpaired) electrons. The van der Waals surface area contributed by atoms with Crippen molar-refractivity contribution >= 4 is 21.4 Å². The molecule has 5 nitrogen and oxygen atoms in total. The zero-order chi connectivity index (χ0) is 21.3. The van der Waals surface area contributed by atoms with Crippen molar-refractivity contribution in [1.82, 2.24) is 9.55 Å². The smallest absolute Gasteiger partial charge is 0.175 e. The summed E-state index contributed by atoms with van der Waals surface area (Å²) in [6, 6.07) is 23.3. The molecule has 0 amide bonds. The summed E-state index contributed by atoms with van der Waals surface area (Å²) in [7, 11) is -3.28. The first-order chi connectivity index (χ1) is 14.3. The summed E-state index contributed by atoms with van der Waals surface area (Å²) in [5.41, 5.74) is 3.83. The molecular weight excluding hydrogens is 418 g/mol. The fraction of sp³-hybridized carbons (Fsp3) is 0.0435. The highest BCUT2D eigenvalue weighted by molar-refractivity contribution is 7.90. The van der Waals surface area contributed by atoms with Crippen molar-refractivity contribution in [2.45, 2.75) is 4.90 Å². The quantitative estimate of drug-likeness (QED) is 0.446. The van der Waals surface area contributed by atoms with E-state index in [1.54, 1.807) is 48.5 Å². The van der Waals surface area contributed by atoms with E-state index in [0.717, 1.165) is 22.5 Å². The molecule has 1 aromatic heterocycles. The number of rotatable bonds is 4. The molecule has 3 aromatic carbocycles. The van der Waals surface area contributed by atoms with Crippen LogP contribution < -0.4 is 0 Å². The molecule has 0 spiro atoms. The first-order valence-corrected chi connectivity index (χ1v) is 11.3. The molecule has 0 bridgehead atoms. The van der Waals surface area contributed by atoms with Crippen LogP contribution >= 0.6 is 11.6 Å². The van der Waals surface area contributed by atoms with Crippen LogP contribution in [0.2, 0.25) is 5.02 Å². The van der Waals surface area contributed by atoms with E-state index < -0.39 is 9.84 Å². The molecule has 0 aliphatic carbocycles. The number of sulfone groups is 1. The number of nitriles is 1. The second kappa shape index (κ2) is 7.79. The average molecular weight is 434 g/mol. The van der Waals surface area contributed by atoms with Crippen LogP contribution in [0.4, 0.5) is 0 Å². The first kappa shape index (κ1) is 19.9. The van der Waals surface area contributed by atoms with Crippen LogP contribution in [0, 0.1) is 11.3 Å². The largest absolute Gasteiger partial charge is 0.299 e. The maximum Gasteiger partial charge on any atom is 0.175 e. The number of nitrogens with zero attached hydrogens (tertiary/aromatic N) is 3. The standard InChI is InChI=1S/C23H16ClN3O2S/c1-30(28,29)21-12-10-20(11-13-21)27-15-22(17-4-2-16(14-25)3-5-17)26-23(27)18-6-8-19(24)9-7-18/h2-13,15H,1H3. The van der Waals surface area contributed by atoms with Crippen molar-refractivity contribution in [3.8, 4) is 34.4 Å². The lowest BCUT2D eigenvalue weighted by Crippen LogP contribution is -1.99. The van der Waals surface area contributed by atoms with E-state index in [4.69, 9.17) is 21.8 Å². The van der Waals surface area contributed by atoms with Crippen LogP contribution in [0.1, 0.15) is 5.56 Å². The third-order valence-corrected chi connectivity index (χ3v) is 6.04. The molecule has 0 atom stereocenters. The lowest BCUT2D eigenvalue weighted by atomic mass is 10.1. The van der Waals surface area contributed by atoms with Gasteiger partial charge in [0.05, 0.1) is 22.2 Å². The summed E-state index contributed by atoms with van der Waals surface area (Å²) in [4.78, 5) is 5.06. The van der Waals surface area contributed by atoms with Gasteiger partial charge >= 0.3 is 0 Å². The fourth-order valence-corrected chi connectivity index (χ4v) is 3.84. The van der Waals surface area contributed by atoms with Crippen LogP contribution in [0.25, 0.3) is 28.3 Å². The van der Waals surface area contributed by atoms with Crippen molar-refractivity contribution in [1.29, 1.82) is 5.26 Å². The first-order valence-electron chi connectivity index (χ1n) is 9.01. The van der Waals surface area contributed by atoms with Gasteiger partial charge in [0.1, 0.15) is 5.82 Å². The Morgan fingerprint density at radius 3 is 2.07 bits per heavy atom. The molecule has 7 heteroatoms. The van der Waals surface area contributed by atoms with Gasteiger partial charge in [-0.15, -0.1) is 0 Å². The van der Waals surface area contributed by atoms with Gasteiger partial charge in [-0.3, -0.25) is 4.57 Å². The molecule has 148 valence electrons. The molecule has 4 rings (SSSR count). The Morgan fingerprint density at radius 1 is 0.900 bits per heavy atom. The Balaban J connectivity index is 1.86. The number of imidazole rings is 1. The van der Waals surface area contributed by atoms with E-state index in [1.807, 2.05) is 35.0 Å². The van der Waals surface area contributed by atoms with Crippen LogP contribution in [0.15, 0.2) is 83.9 Å². The number of halogens is 1. The number of aromatic nitrogens is 2. The monoisotopic (exact) mass is 433 g/mol. The van der Waals surface area contributed by atoms with Gasteiger partial charge < -0.3 is 0 Å². The summed E-state index contributed by atoms with van der Waals surface area (Å²) in [5.74, 6) is 0.693. The Morgan fingerprint density at radius 2 is 1.50 bits per heavy atom. The minimum absolute atomic E-state index is 0.256. The molecule has 0 aliphatic rings. The van der Waals surface area contributed by atoms with E-state index in [0.29, 0.717) is 16.4 Å². The second-order valence-electron chi connectivity index (χ2n) is 6.78. The summed E-state index contributed by atoms with van der Waals surface area (Å²) in [6.07, 6.45) is 3.07. The van der Waals surface area contributed by atoms with Crippen LogP contribution in [-0.2, 0) is 9.84 Å². The van der Waals surface area contributed by atoms with Crippen molar-refractivity contribution in [2.24, 2.45) is 0 Å². The molecule has 0 fully saturated rings. The lowest BCUT2D eigenvalue weighted by Gasteiger charge is -2.09. The summed E-state index contributed by atoms with van der Waals surface area (Å²) in [5, 5.41) is 9.65. The normalized spacial score (nSPS) is 11.2. The molecular formula is C23H16ClN3O2S. The van der Waals surface area contributed by atoms with Gasteiger partial charge in [-0.05, 0) is 60.7 Å². The van der Waals surface area contributed by atoms with Gasteiger partial charge in [-0.1, -0.05) is 23.7 Å². The van der Waals surface area contributed by atoms with E-state index in [1.165, 1.54) is 6.26 Å². The van der Waals surface area contributed by atoms with Gasteiger partial charge in [0.2, 0.25) is 0 Å². The number of hydrogen-bond donors (Lipinski definition) is 0. The van der Waals surface area contributed by atoms with Crippen molar-refractivity contribution in [3.63, 3.8) is 0 Å². The molecule has 30 heavy (non-hydrogen) atoms. The SMILES string of the molecule is CS(=O)(=O)c1ccc(-n2cc(-c3ccc(C#N)cc3)nc2-c2ccc(Cl)cc2)cc1. The van der Waals surface area contributed by atoms with E-state index in [-0.39, 0.29) is 4.90 Å². The van der Waals surface area contributed by atoms with Crippen molar-refractivity contribution in [2.75, 3.05) is 6.26 Å². The second-order valence-corrected chi connectivity index (χ2v) is 9.23. The van der Waals surface area contributed by atoms with Crippen LogP contribution in [-0.4, -0.2) is 24.2 Å². The highest BCUT2D eigenvalue weighted by Gasteiger charge is 2.14. The zero-order valence-electron chi connectivity index (χ0n) is 15.9. The third kappa shape index (κ3) is 3.99. The molecule has 0 saturated heterocycles. The number of benzene rings is 3. The topological polar surface area (TPSA) is 75.8 Å². The minimum atomic E-state index is -3.28.